The van der Waals surface area contributed by atoms with Gasteiger partial charge >= 0.3 is 5.97 Å². The number of carbonyl (C=O) groups excluding carboxylic acids is 2. The van der Waals surface area contributed by atoms with E-state index in [0.29, 0.717) is 6.54 Å². The first kappa shape index (κ1) is 20.4. The quantitative estimate of drug-likeness (QED) is 0.404. The number of hydrogen-bond acceptors (Lipinski definition) is 5. The summed E-state index contributed by atoms with van der Waals surface area (Å²) in [6, 6.07) is 7.44. The smallest absolute Gasteiger partial charge is 0.317 e. The average molecular weight is 378 g/mol. The van der Waals surface area contributed by atoms with Gasteiger partial charge in [0.15, 0.2) is 6.10 Å². The van der Waals surface area contributed by atoms with Gasteiger partial charge in [-0.3, -0.25) is 9.59 Å². The van der Waals surface area contributed by atoms with Gasteiger partial charge in [-0.15, -0.1) is 11.8 Å². The van der Waals surface area contributed by atoms with Crippen LogP contribution in [0.3, 0.4) is 0 Å². The maximum absolute atomic E-state index is 12.0. The number of allylic oxidation sites excluding steroid dienone is 1. The second-order valence-corrected chi connectivity index (χ2v) is 7.29. The number of carbonyl (C=O) groups is 2. The van der Waals surface area contributed by atoms with Crippen LogP contribution < -0.4 is 10.1 Å². The highest BCUT2D eigenvalue weighted by molar-refractivity contribution is 8.00. The summed E-state index contributed by atoms with van der Waals surface area (Å²) in [5.41, 5.74) is 1.41. The molecule has 0 saturated carbocycles. The number of hydrogen-bond donors (Lipinski definition) is 1. The van der Waals surface area contributed by atoms with E-state index in [1.165, 1.54) is 30.2 Å². The van der Waals surface area contributed by atoms with Gasteiger partial charge in [0.25, 0.3) is 5.91 Å². The summed E-state index contributed by atoms with van der Waals surface area (Å²) in [5, 5.41) is 2.84. The third-order valence-corrected chi connectivity index (χ3v) is 5.21. The summed E-state index contributed by atoms with van der Waals surface area (Å²) >= 11 is 1.37. The highest BCUT2D eigenvalue weighted by atomic mass is 32.2. The van der Waals surface area contributed by atoms with Crippen molar-refractivity contribution in [3.63, 3.8) is 0 Å². The Morgan fingerprint density at radius 3 is 2.65 bits per heavy atom. The van der Waals surface area contributed by atoms with Crippen molar-refractivity contribution < 1.29 is 19.1 Å². The summed E-state index contributed by atoms with van der Waals surface area (Å²) in [7, 11) is 1.61. The monoisotopic (exact) mass is 377 g/mol. The molecule has 1 aromatic carbocycles. The molecule has 1 aliphatic carbocycles. The fraction of sp³-hybridized carbons (Fsp3) is 0.500. The number of ether oxygens (including phenoxy) is 2. The second-order valence-electron chi connectivity index (χ2n) is 6.25. The predicted molar refractivity (Wildman–Crippen MR) is 103 cm³/mol. The molecule has 0 aromatic heterocycles. The van der Waals surface area contributed by atoms with Gasteiger partial charge in [-0.1, -0.05) is 11.6 Å². The SMILES string of the molecule is COc1ccc(SCC(=O)O[C@H](C)C(=O)NCCC2=CCCCC2)cc1. The van der Waals surface area contributed by atoms with Crippen LogP contribution >= 0.6 is 11.8 Å². The molecule has 0 radical (unpaired) electrons. The highest BCUT2D eigenvalue weighted by Gasteiger charge is 2.17. The summed E-state index contributed by atoms with van der Waals surface area (Å²) < 4.78 is 10.3. The van der Waals surface area contributed by atoms with E-state index in [0.717, 1.165) is 29.9 Å². The number of rotatable bonds is 9. The van der Waals surface area contributed by atoms with Crippen LogP contribution in [0.25, 0.3) is 0 Å². The molecule has 6 heteroatoms. The molecule has 1 N–H and O–H groups in total. The average Bonchev–Trinajstić information content (AvgIpc) is 2.67. The van der Waals surface area contributed by atoms with Crippen molar-refractivity contribution in [3.8, 4) is 5.75 Å². The van der Waals surface area contributed by atoms with Crippen molar-refractivity contribution in [1.82, 2.24) is 5.32 Å². The van der Waals surface area contributed by atoms with Gasteiger partial charge < -0.3 is 14.8 Å². The Hall–Kier alpha value is -1.95. The molecule has 2 rings (SSSR count). The first-order valence-corrected chi connectivity index (χ1v) is 9.99. The summed E-state index contributed by atoms with van der Waals surface area (Å²) in [6.45, 7) is 2.19. The van der Waals surface area contributed by atoms with E-state index in [1.807, 2.05) is 24.3 Å². The Morgan fingerprint density at radius 2 is 2.00 bits per heavy atom. The minimum absolute atomic E-state index is 0.164. The lowest BCUT2D eigenvalue weighted by molar-refractivity contribution is -0.152. The number of thioether (sulfide) groups is 1. The third-order valence-electron chi connectivity index (χ3n) is 4.22. The first-order chi connectivity index (χ1) is 12.6. The topological polar surface area (TPSA) is 64.6 Å². The molecular formula is C20H27NO4S. The molecule has 1 aromatic rings. The summed E-state index contributed by atoms with van der Waals surface area (Å²) in [5.74, 6) is 0.287. The molecule has 1 aliphatic rings. The highest BCUT2D eigenvalue weighted by Crippen LogP contribution is 2.21. The fourth-order valence-corrected chi connectivity index (χ4v) is 3.40. The van der Waals surface area contributed by atoms with E-state index in [-0.39, 0.29) is 11.7 Å². The van der Waals surface area contributed by atoms with E-state index in [2.05, 4.69) is 11.4 Å². The minimum Gasteiger partial charge on any atom is -0.497 e. The van der Waals surface area contributed by atoms with Gasteiger partial charge in [0.2, 0.25) is 0 Å². The molecule has 0 unspecified atom stereocenters. The maximum Gasteiger partial charge on any atom is 0.317 e. The number of benzene rings is 1. The zero-order chi connectivity index (χ0) is 18.8. The van der Waals surface area contributed by atoms with Crippen LogP contribution in [0, 0.1) is 0 Å². The Labute approximate surface area is 159 Å². The molecule has 142 valence electrons. The molecule has 0 fully saturated rings. The second kappa shape index (κ2) is 10.9. The Kier molecular flexibility index (Phi) is 8.54. The number of methoxy groups -OCH3 is 1. The first-order valence-electron chi connectivity index (χ1n) is 9.00. The number of esters is 1. The van der Waals surface area contributed by atoms with Gasteiger partial charge in [0.1, 0.15) is 5.75 Å². The van der Waals surface area contributed by atoms with Crippen molar-refractivity contribution in [2.75, 3.05) is 19.4 Å². The standard InChI is InChI=1S/C20H27NO4S/c1-15(20(23)21-13-12-16-6-4-3-5-7-16)25-19(22)14-26-18-10-8-17(24-2)9-11-18/h6,8-11,15H,3-5,7,12-14H2,1-2H3,(H,21,23)/t15-/m1/s1. The lowest BCUT2D eigenvalue weighted by atomic mass is 9.97. The van der Waals surface area contributed by atoms with Crippen molar-refractivity contribution in [2.45, 2.75) is 50.0 Å². The van der Waals surface area contributed by atoms with E-state index in [4.69, 9.17) is 9.47 Å². The van der Waals surface area contributed by atoms with Crippen LogP contribution in [0.4, 0.5) is 0 Å². The molecule has 0 spiro atoms. The van der Waals surface area contributed by atoms with E-state index >= 15 is 0 Å². The van der Waals surface area contributed by atoms with E-state index in [1.54, 1.807) is 14.0 Å². The minimum atomic E-state index is -0.778. The summed E-state index contributed by atoms with van der Waals surface area (Å²) in [6.07, 6.45) is 7.14. The zero-order valence-corrected chi connectivity index (χ0v) is 16.3. The molecule has 5 nitrogen and oxygen atoms in total. The van der Waals surface area contributed by atoms with Gasteiger partial charge in [0, 0.05) is 11.4 Å². The van der Waals surface area contributed by atoms with Crippen LogP contribution in [-0.2, 0) is 14.3 Å². The zero-order valence-electron chi connectivity index (χ0n) is 15.5. The van der Waals surface area contributed by atoms with E-state index < -0.39 is 12.1 Å². The molecule has 1 atom stereocenters. The Morgan fingerprint density at radius 1 is 1.23 bits per heavy atom. The van der Waals surface area contributed by atoms with Crippen LogP contribution in [0.15, 0.2) is 40.8 Å². The molecule has 0 saturated heterocycles. The predicted octanol–water partition coefficient (Wildman–Crippen LogP) is 3.73. The van der Waals surface area contributed by atoms with Gasteiger partial charge in [-0.2, -0.15) is 0 Å². The van der Waals surface area contributed by atoms with Crippen molar-refractivity contribution >= 4 is 23.6 Å². The number of nitrogens with one attached hydrogen (secondary N) is 1. The van der Waals surface area contributed by atoms with Crippen LogP contribution in [0.2, 0.25) is 0 Å². The van der Waals surface area contributed by atoms with Gasteiger partial charge in [-0.25, -0.2) is 0 Å². The molecule has 0 bridgehead atoms. The van der Waals surface area contributed by atoms with Crippen LogP contribution in [-0.4, -0.2) is 37.4 Å². The van der Waals surface area contributed by atoms with Crippen molar-refractivity contribution in [3.05, 3.63) is 35.9 Å². The van der Waals surface area contributed by atoms with Crippen LogP contribution in [0.5, 0.6) is 5.75 Å². The maximum atomic E-state index is 12.0. The van der Waals surface area contributed by atoms with Crippen LogP contribution in [0.1, 0.15) is 39.0 Å². The fourth-order valence-electron chi connectivity index (χ4n) is 2.72. The molecular weight excluding hydrogens is 350 g/mol. The molecule has 0 aliphatic heterocycles. The largest absolute Gasteiger partial charge is 0.497 e. The normalized spacial score (nSPS) is 14.9. The molecule has 0 heterocycles. The Bertz CT molecular complexity index is 627. The third kappa shape index (κ3) is 7.12. The number of amides is 1. The molecule has 1 amide bonds. The van der Waals surface area contributed by atoms with Gasteiger partial charge in [0.05, 0.1) is 12.9 Å². The summed E-state index contributed by atoms with van der Waals surface area (Å²) in [4.78, 5) is 24.9. The van der Waals surface area contributed by atoms with E-state index in [9.17, 15) is 9.59 Å². The lowest BCUT2D eigenvalue weighted by Gasteiger charge is -2.15. The molecule has 26 heavy (non-hydrogen) atoms. The lowest BCUT2D eigenvalue weighted by Crippen LogP contribution is -2.36. The Balaban J connectivity index is 1.64. The van der Waals surface area contributed by atoms with Crippen molar-refractivity contribution in [1.29, 1.82) is 0 Å². The van der Waals surface area contributed by atoms with Gasteiger partial charge in [-0.05, 0) is 63.3 Å². The van der Waals surface area contributed by atoms with Crippen molar-refractivity contribution in [2.24, 2.45) is 0 Å².